The van der Waals surface area contributed by atoms with Gasteiger partial charge in [0, 0.05) is 18.7 Å². The summed E-state index contributed by atoms with van der Waals surface area (Å²) in [5.41, 5.74) is 5.31. The van der Waals surface area contributed by atoms with Gasteiger partial charge < -0.3 is 18.8 Å². The first-order valence-electron chi connectivity index (χ1n) is 9.89. The zero-order valence-corrected chi connectivity index (χ0v) is 16.0. The third kappa shape index (κ3) is 3.18. The molecule has 0 bridgehead atoms. The lowest BCUT2D eigenvalue weighted by molar-refractivity contribution is 0.173. The molecule has 1 aliphatic carbocycles. The highest BCUT2D eigenvalue weighted by Crippen LogP contribution is 2.44. The number of oxazole rings is 1. The van der Waals surface area contributed by atoms with Gasteiger partial charge >= 0.3 is 5.76 Å². The van der Waals surface area contributed by atoms with Crippen LogP contribution in [0.2, 0.25) is 0 Å². The SMILES string of the molecule is CN(CCc1ccc2[nH]c(=O)oc2c1)C[C@@H]1CCCc2c1ccc1c2OCO1. The molecule has 0 unspecified atom stereocenters. The number of nitrogens with one attached hydrogen (secondary N) is 1. The van der Waals surface area contributed by atoms with Gasteiger partial charge in [-0.15, -0.1) is 0 Å². The Hall–Kier alpha value is -2.73. The summed E-state index contributed by atoms with van der Waals surface area (Å²) in [4.78, 5) is 16.4. The molecule has 2 aromatic carbocycles. The molecule has 6 nitrogen and oxygen atoms in total. The van der Waals surface area contributed by atoms with Crippen molar-refractivity contribution < 1.29 is 13.9 Å². The van der Waals surface area contributed by atoms with Gasteiger partial charge in [-0.3, -0.25) is 4.98 Å². The average molecular weight is 380 g/mol. The van der Waals surface area contributed by atoms with Crippen LogP contribution in [0, 0.1) is 0 Å². The number of nitrogens with zero attached hydrogens (tertiary/aromatic N) is 1. The number of rotatable bonds is 5. The molecule has 0 spiro atoms. The lowest BCUT2D eigenvalue weighted by Crippen LogP contribution is -2.28. The Labute approximate surface area is 163 Å². The smallest absolute Gasteiger partial charge is 0.417 e. The van der Waals surface area contributed by atoms with Crippen LogP contribution in [-0.4, -0.2) is 36.8 Å². The van der Waals surface area contributed by atoms with Crippen molar-refractivity contribution in [2.75, 3.05) is 26.9 Å². The molecule has 1 aliphatic heterocycles. The number of hydrogen-bond donors (Lipinski definition) is 1. The molecule has 28 heavy (non-hydrogen) atoms. The van der Waals surface area contributed by atoms with Crippen molar-refractivity contribution in [2.24, 2.45) is 0 Å². The minimum atomic E-state index is -0.402. The number of ether oxygens (including phenoxy) is 2. The van der Waals surface area contributed by atoms with E-state index in [1.165, 1.54) is 29.5 Å². The van der Waals surface area contributed by atoms with Crippen molar-refractivity contribution in [1.82, 2.24) is 9.88 Å². The highest BCUT2D eigenvalue weighted by atomic mass is 16.7. The molecule has 0 saturated heterocycles. The first kappa shape index (κ1) is 17.4. The Morgan fingerprint density at radius 1 is 1.21 bits per heavy atom. The predicted octanol–water partition coefficient (Wildman–Crippen LogP) is 3.44. The normalized spacial score (nSPS) is 18.0. The number of likely N-dealkylation sites (N-methyl/N-ethyl adjacent to an activating group) is 1. The standard InChI is InChI=1S/C22H24N2O4/c1-24(10-9-14-5-7-18-20(11-14)28-22(25)23-18)12-15-3-2-4-17-16(15)6-8-19-21(17)27-13-26-19/h5-8,11,15H,2-4,9-10,12-13H2,1H3,(H,23,25)/t15-/m0/s1. The predicted molar refractivity (Wildman–Crippen MR) is 106 cm³/mol. The van der Waals surface area contributed by atoms with Crippen LogP contribution < -0.4 is 15.2 Å². The third-order valence-corrected chi connectivity index (χ3v) is 5.90. The van der Waals surface area contributed by atoms with E-state index in [4.69, 9.17) is 13.9 Å². The summed E-state index contributed by atoms with van der Waals surface area (Å²) >= 11 is 0. The van der Waals surface area contributed by atoms with Gasteiger partial charge in [0.1, 0.15) is 0 Å². The number of H-pyrrole nitrogens is 1. The molecule has 0 saturated carbocycles. The summed E-state index contributed by atoms with van der Waals surface area (Å²) in [6.07, 6.45) is 4.39. The van der Waals surface area contributed by atoms with Crippen molar-refractivity contribution in [3.63, 3.8) is 0 Å². The summed E-state index contributed by atoms with van der Waals surface area (Å²) in [6.45, 7) is 2.31. The Morgan fingerprint density at radius 3 is 3.07 bits per heavy atom. The Balaban J connectivity index is 1.26. The maximum Gasteiger partial charge on any atom is 0.417 e. The molecule has 0 radical (unpaired) electrons. The van der Waals surface area contributed by atoms with Crippen LogP contribution in [0.5, 0.6) is 11.5 Å². The maximum atomic E-state index is 11.3. The second-order valence-electron chi connectivity index (χ2n) is 7.81. The summed E-state index contributed by atoms with van der Waals surface area (Å²) in [7, 11) is 2.18. The monoisotopic (exact) mass is 380 g/mol. The fourth-order valence-electron chi connectivity index (χ4n) is 4.49. The Kier molecular flexibility index (Phi) is 4.36. The fraction of sp³-hybridized carbons (Fsp3) is 0.409. The first-order valence-corrected chi connectivity index (χ1v) is 9.89. The molecule has 1 aromatic heterocycles. The Bertz CT molecular complexity index is 1070. The fourth-order valence-corrected chi connectivity index (χ4v) is 4.49. The van der Waals surface area contributed by atoms with Gasteiger partial charge in [-0.1, -0.05) is 12.1 Å². The van der Waals surface area contributed by atoms with E-state index < -0.39 is 5.76 Å². The summed E-state index contributed by atoms with van der Waals surface area (Å²) < 4.78 is 16.4. The molecule has 6 heteroatoms. The van der Waals surface area contributed by atoms with Gasteiger partial charge in [-0.25, -0.2) is 4.79 Å². The Morgan fingerprint density at radius 2 is 2.14 bits per heavy atom. The molecule has 3 aromatic rings. The van der Waals surface area contributed by atoms with E-state index in [1.54, 1.807) is 0 Å². The summed E-state index contributed by atoms with van der Waals surface area (Å²) in [6, 6.07) is 10.2. The van der Waals surface area contributed by atoms with Gasteiger partial charge in [0.25, 0.3) is 0 Å². The van der Waals surface area contributed by atoms with Gasteiger partial charge in [0.2, 0.25) is 6.79 Å². The lowest BCUT2D eigenvalue weighted by atomic mass is 9.82. The largest absolute Gasteiger partial charge is 0.454 e. The van der Waals surface area contributed by atoms with Crippen molar-refractivity contribution in [3.8, 4) is 11.5 Å². The van der Waals surface area contributed by atoms with E-state index in [2.05, 4.69) is 35.1 Å². The van der Waals surface area contributed by atoms with Gasteiger partial charge in [-0.2, -0.15) is 0 Å². The average Bonchev–Trinajstić information content (AvgIpc) is 3.31. The van der Waals surface area contributed by atoms with Crippen LogP contribution in [-0.2, 0) is 12.8 Å². The summed E-state index contributed by atoms with van der Waals surface area (Å²) in [5.74, 6) is 1.97. The maximum absolute atomic E-state index is 11.3. The van der Waals surface area contributed by atoms with Crippen molar-refractivity contribution in [2.45, 2.75) is 31.6 Å². The second-order valence-corrected chi connectivity index (χ2v) is 7.81. The molecular weight excluding hydrogens is 356 g/mol. The van der Waals surface area contributed by atoms with E-state index in [0.717, 1.165) is 42.9 Å². The highest BCUT2D eigenvalue weighted by molar-refractivity contribution is 5.72. The first-order chi connectivity index (χ1) is 13.7. The van der Waals surface area contributed by atoms with Gasteiger partial charge in [0.15, 0.2) is 17.1 Å². The molecular formula is C22H24N2O4. The third-order valence-electron chi connectivity index (χ3n) is 5.90. The van der Waals surface area contributed by atoms with E-state index in [9.17, 15) is 4.79 Å². The van der Waals surface area contributed by atoms with Gasteiger partial charge in [0.05, 0.1) is 5.52 Å². The molecule has 0 amide bonds. The van der Waals surface area contributed by atoms with E-state index in [0.29, 0.717) is 18.3 Å². The van der Waals surface area contributed by atoms with Crippen LogP contribution in [0.3, 0.4) is 0 Å². The van der Waals surface area contributed by atoms with E-state index in [-0.39, 0.29) is 0 Å². The summed E-state index contributed by atoms with van der Waals surface area (Å²) in [5, 5.41) is 0. The van der Waals surface area contributed by atoms with Crippen molar-refractivity contribution in [3.05, 3.63) is 57.6 Å². The lowest BCUT2D eigenvalue weighted by Gasteiger charge is -2.30. The molecule has 146 valence electrons. The van der Waals surface area contributed by atoms with E-state index >= 15 is 0 Å². The molecule has 0 fully saturated rings. The molecule has 2 aliphatic rings. The zero-order chi connectivity index (χ0) is 19.1. The molecule has 1 atom stereocenters. The van der Waals surface area contributed by atoms with Crippen LogP contribution in [0.1, 0.15) is 35.4 Å². The van der Waals surface area contributed by atoms with Crippen LogP contribution in [0.25, 0.3) is 11.1 Å². The van der Waals surface area contributed by atoms with Gasteiger partial charge in [-0.05, 0) is 68.0 Å². The van der Waals surface area contributed by atoms with E-state index in [1.807, 2.05) is 12.1 Å². The quantitative estimate of drug-likeness (QED) is 0.734. The van der Waals surface area contributed by atoms with Crippen LogP contribution >= 0.6 is 0 Å². The number of aromatic amines is 1. The van der Waals surface area contributed by atoms with Crippen molar-refractivity contribution >= 4 is 11.1 Å². The minimum Gasteiger partial charge on any atom is -0.454 e. The zero-order valence-electron chi connectivity index (χ0n) is 16.0. The number of hydrogen-bond acceptors (Lipinski definition) is 5. The van der Waals surface area contributed by atoms with Crippen LogP contribution in [0.15, 0.2) is 39.5 Å². The van der Waals surface area contributed by atoms with Crippen molar-refractivity contribution in [1.29, 1.82) is 0 Å². The molecule has 2 heterocycles. The second kappa shape index (κ2) is 7.02. The number of aromatic nitrogens is 1. The minimum absolute atomic E-state index is 0.335. The van der Waals surface area contributed by atoms with Crippen LogP contribution in [0.4, 0.5) is 0 Å². The number of benzene rings is 2. The number of fused-ring (bicyclic) bond motifs is 4. The molecule has 1 N–H and O–H groups in total. The topological polar surface area (TPSA) is 67.7 Å². The molecule has 5 rings (SSSR count). The highest BCUT2D eigenvalue weighted by Gasteiger charge is 2.28.